The lowest BCUT2D eigenvalue weighted by Crippen LogP contribution is -2.13. The van der Waals surface area contributed by atoms with Gasteiger partial charge in [0, 0.05) is 10.1 Å². The van der Waals surface area contributed by atoms with Crippen molar-refractivity contribution in [3.8, 4) is 0 Å². The smallest absolute Gasteiger partial charge is 0.335 e. The van der Waals surface area contributed by atoms with Gasteiger partial charge in [0.1, 0.15) is 5.82 Å². The number of carbonyl (C=O) groups is 1. The van der Waals surface area contributed by atoms with E-state index in [2.05, 4.69) is 0 Å². The number of carboxylic acids is 1. The van der Waals surface area contributed by atoms with Crippen molar-refractivity contribution in [2.45, 2.75) is 29.4 Å². The highest BCUT2D eigenvalue weighted by molar-refractivity contribution is 8.00. The van der Waals surface area contributed by atoms with Gasteiger partial charge in [-0.2, -0.15) is 0 Å². The van der Waals surface area contributed by atoms with Crippen LogP contribution in [0.4, 0.5) is 4.39 Å². The zero-order chi connectivity index (χ0) is 10.8. The molecular formula is C11H11FO2S. The van der Waals surface area contributed by atoms with Crippen molar-refractivity contribution in [1.82, 2.24) is 0 Å². The van der Waals surface area contributed by atoms with Gasteiger partial charge in [0.2, 0.25) is 0 Å². The van der Waals surface area contributed by atoms with E-state index in [0.717, 1.165) is 12.8 Å². The summed E-state index contributed by atoms with van der Waals surface area (Å²) in [4.78, 5) is 11.2. The normalized spacial score (nSPS) is 16.1. The van der Waals surface area contributed by atoms with Gasteiger partial charge >= 0.3 is 5.97 Å². The first-order valence-electron chi connectivity index (χ1n) is 4.86. The van der Waals surface area contributed by atoms with E-state index in [4.69, 9.17) is 5.11 Å². The molecule has 15 heavy (non-hydrogen) atoms. The van der Waals surface area contributed by atoms with Gasteiger partial charge in [-0.05, 0) is 31.0 Å². The summed E-state index contributed by atoms with van der Waals surface area (Å²) >= 11 is 1.45. The van der Waals surface area contributed by atoms with Crippen LogP contribution in [-0.4, -0.2) is 16.3 Å². The summed E-state index contributed by atoms with van der Waals surface area (Å²) in [6.45, 7) is 0. The number of aromatic carboxylic acids is 1. The minimum Gasteiger partial charge on any atom is -0.478 e. The number of halogens is 1. The molecule has 0 heterocycles. The molecule has 0 saturated heterocycles. The van der Waals surface area contributed by atoms with E-state index in [1.807, 2.05) is 0 Å². The molecule has 1 aromatic rings. The van der Waals surface area contributed by atoms with Crippen LogP contribution in [0.1, 0.15) is 29.6 Å². The highest BCUT2D eigenvalue weighted by Crippen LogP contribution is 2.37. The molecular weight excluding hydrogens is 215 g/mol. The van der Waals surface area contributed by atoms with Crippen molar-refractivity contribution < 1.29 is 14.3 Å². The highest BCUT2D eigenvalue weighted by atomic mass is 32.2. The number of hydrogen-bond donors (Lipinski definition) is 1. The average molecular weight is 226 g/mol. The van der Waals surface area contributed by atoms with Gasteiger partial charge in [-0.15, -0.1) is 11.8 Å². The summed E-state index contributed by atoms with van der Waals surface area (Å²) in [7, 11) is 0. The van der Waals surface area contributed by atoms with Crippen LogP contribution >= 0.6 is 11.8 Å². The van der Waals surface area contributed by atoms with Gasteiger partial charge in [0.15, 0.2) is 0 Å². The first-order chi connectivity index (χ1) is 7.16. The maximum atomic E-state index is 13.3. The molecule has 1 N–H and O–H groups in total. The van der Waals surface area contributed by atoms with Crippen LogP contribution in [0.15, 0.2) is 23.1 Å². The fourth-order valence-corrected chi connectivity index (χ4v) is 2.70. The zero-order valence-corrected chi connectivity index (χ0v) is 8.89. The second kappa shape index (κ2) is 4.23. The van der Waals surface area contributed by atoms with Gasteiger partial charge in [0.05, 0.1) is 5.56 Å². The van der Waals surface area contributed by atoms with Crippen molar-refractivity contribution in [3.63, 3.8) is 0 Å². The van der Waals surface area contributed by atoms with E-state index in [1.165, 1.54) is 36.4 Å². The Morgan fingerprint density at radius 2 is 2.20 bits per heavy atom. The second-order valence-corrected chi connectivity index (χ2v) is 4.96. The molecule has 1 aliphatic rings. The van der Waals surface area contributed by atoms with Gasteiger partial charge in [0.25, 0.3) is 0 Å². The molecule has 1 aromatic carbocycles. The van der Waals surface area contributed by atoms with Crippen molar-refractivity contribution in [1.29, 1.82) is 0 Å². The molecule has 0 radical (unpaired) electrons. The van der Waals surface area contributed by atoms with Crippen LogP contribution < -0.4 is 0 Å². The number of carboxylic acid groups (broad SMARTS) is 1. The minimum atomic E-state index is -1.01. The van der Waals surface area contributed by atoms with E-state index in [1.54, 1.807) is 0 Å². The Balaban J connectivity index is 2.19. The molecule has 1 fully saturated rings. The van der Waals surface area contributed by atoms with Crippen molar-refractivity contribution in [2.75, 3.05) is 0 Å². The Hall–Kier alpha value is -1.03. The third kappa shape index (κ3) is 2.31. The lowest BCUT2D eigenvalue weighted by atomic mass is 10.00. The van der Waals surface area contributed by atoms with E-state index in [9.17, 15) is 9.18 Å². The predicted octanol–water partition coefficient (Wildman–Crippen LogP) is 3.17. The van der Waals surface area contributed by atoms with Crippen molar-refractivity contribution in [2.24, 2.45) is 0 Å². The summed E-state index contributed by atoms with van der Waals surface area (Å²) < 4.78 is 13.3. The zero-order valence-electron chi connectivity index (χ0n) is 8.07. The minimum absolute atomic E-state index is 0.151. The summed E-state index contributed by atoms with van der Waals surface area (Å²) in [5, 5.41) is 9.24. The largest absolute Gasteiger partial charge is 0.478 e. The molecule has 2 rings (SSSR count). The number of rotatable bonds is 3. The first-order valence-corrected chi connectivity index (χ1v) is 5.74. The maximum absolute atomic E-state index is 13.3. The van der Waals surface area contributed by atoms with Crippen LogP contribution in [0.25, 0.3) is 0 Å². The first kappa shape index (κ1) is 10.5. The Bertz CT molecular complexity index is 388. The molecule has 0 bridgehead atoms. The maximum Gasteiger partial charge on any atom is 0.335 e. The van der Waals surface area contributed by atoms with Crippen LogP contribution in [0, 0.1) is 5.82 Å². The molecule has 1 aliphatic carbocycles. The highest BCUT2D eigenvalue weighted by Gasteiger charge is 2.20. The van der Waals surface area contributed by atoms with E-state index >= 15 is 0 Å². The fourth-order valence-electron chi connectivity index (χ4n) is 1.39. The van der Waals surface area contributed by atoms with Crippen LogP contribution in [-0.2, 0) is 0 Å². The Morgan fingerprint density at radius 1 is 1.47 bits per heavy atom. The van der Waals surface area contributed by atoms with E-state index in [-0.39, 0.29) is 11.4 Å². The summed E-state index contributed by atoms with van der Waals surface area (Å²) in [6, 6.07) is 3.94. The van der Waals surface area contributed by atoms with E-state index < -0.39 is 5.97 Å². The Morgan fingerprint density at radius 3 is 2.73 bits per heavy atom. The molecule has 0 amide bonds. The standard InChI is InChI=1S/C11H11FO2S/c12-9-5-4-7(11(13)14)6-10(9)15-8-2-1-3-8/h4-6,8H,1-3H2,(H,13,14). The van der Waals surface area contributed by atoms with Gasteiger partial charge in [-0.25, -0.2) is 9.18 Å². The van der Waals surface area contributed by atoms with E-state index in [0.29, 0.717) is 10.1 Å². The lowest BCUT2D eigenvalue weighted by molar-refractivity contribution is 0.0696. The van der Waals surface area contributed by atoms with Crippen LogP contribution in [0.2, 0.25) is 0 Å². The molecule has 2 nitrogen and oxygen atoms in total. The van der Waals surface area contributed by atoms with Crippen molar-refractivity contribution >= 4 is 17.7 Å². The molecule has 0 spiro atoms. The quantitative estimate of drug-likeness (QED) is 0.860. The van der Waals surface area contributed by atoms with Crippen LogP contribution in [0.5, 0.6) is 0 Å². The van der Waals surface area contributed by atoms with Gasteiger partial charge in [-0.1, -0.05) is 6.42 Å². The van der Waals surface area contributed by atoms with Crippen LogP contribution in [0.3, 0.4) is 0 Å². The monoisotopic (exact) mass is 226 g/mol. The van der Waals surface area contributed by atoms with Gasteiger partial charge in [-0.3, -0.25) is 0 Å². The molecule has 4 heteroatoms. The number of hydrogen-bond acceptors (Lipinski definition) is 2. The lowest BCUT2D eigenvalue weighted by Gasteiger charge is -2.24. The summed E-state index contributed by atoms with van der Waals surface area (Å²) in [5.74, 6) is -1.33. The molecule has 0 atom stereocenters. The number of benzene rings is 1. The molecule has 1 saturated carbocycles. The third-order valence-corrected chi connectivity index (χ3v) is 3.90. The molecule has 80 valence electrons. The predicted molar refractivity (Wildman–Crippen MR) is 56.9 cm³/mol. The average Bonchev–Trinajstić information content (AvgIpc) is 2.13. The molecule has 0 unspecified atom stereocenters. The fraction of sp³-hybridized carbons (Fsp3) is 0.364. The Kier molecular flexibility index (Phi) is 2.95. The number of thioether (sulfide) groups is 1. The molecule has 0 aliphatic heterocycles. The van der Waals surface area contributed by atoms with Gasteiger partial charge < -0.3 is 5.11 Å². The SMILES string of the molecule is O=C(O)c1ccc(F)c(SC2CCC2)c1. The Labute approximate surface area is 91.5 Å². The summed E-state index contributed by atoms with van der Waals surface area (Å²) in [5.41, 5.74) is 0.151. The molecule has 0 aromatic heterocycles. The second-order valence-electron chi connectivity index (χ2n) is 3.62. The topological polar surface area (TPSA) is 37.3 Å². The van der Waals surface area contributed by atoms with Crippen molar-refractivity contribution in [3.05, 3.63) is 29.6 Å². The summed E-state index contributed by atoms with van der Waals surface area (Å²) in [6.07, 6.45) is 3.39. The third-order valence-electron chi connectivity index (χ3n) is 2.52.